The zero-order valence-electron chi connectivity index (χ0n) is 14.3. The number of rotatable bonds is 7. The minimum absolute atomic E-state index is 0.0321. The standard InChI is InChI=1S/C17H17FN6O2S/c1-2-10(7-25)24(20)17-12(18)6-11(15(19)26)16(23-17)22-9-3-4-14-13(5-9)21-8-27-14/h3-8,10H,2,20H2,1H3,(H2,19,26)(H,22,23). The Balaban J connectivity index is 2.04. The van der Waals surface area contributed by atoms with Crippen LogP contribution in [0, 0.1) is 5.82 Å². The van der Waals surface area contributed by atoms with Gasteiger partial charge in [-0.3, -0.25) is 9.80 Å². The highest BCUT2D eigenvalue weighted by molar-refractivity contribution is 7.16. The summed E-state index contributed by atoms with van der Waals surface area (Å²) in [5.74, 6) is 3.92. The van der Waals surface area contributed by atoms with Crippen molar-refractivity contribution in [2.45, 2.75) is 19.4 Å². The van der Waals surface area contributed by atoms with Crippen LogP contribution in [-0.2, 0) is 4.79 Å². The van der Waals surface area contributed by atoms with Gasteiger partial charge in [0.05, 0.1) is 21.3 Å². The minimum atomic E-state index is -0.855. The summed E-state index contributed by atoms with van der Waals surface area (Å²) < 4.78 is 15.4. The summed E-state index contributed by atoms with van der Waals surface area (Å²) in [6, 6.07) is 5.59. The number of halogens is 1. The quantitative estimate of drug-likeness (QED) is 0.322. The molecular weight excluding hydrogens is 371 g/mol. The first kappa shape index (κ1) is 18.7. The van der Waals surface area contributed by atoms with Gasteiger partial charge in [0.1, 0.15) is 18.1 Å². The Morgan fingerprint density at radius 1 is 1.44 bits per heavy atom. The summed E-state index contributed by atoms with van der Waals surface area (Å²) in [7, 11) is 0. The van der Waals surface area contributed by atoms with Gasteiger partial charge in [0.15, 0.2) is 11.6 Å². The van der Waals surface area contributed by atoms with Crippen LogP contribution in [0.25, 0.3) is 10.2 Å². The lowest BCUT2D eigenvalue weighted by molar-refractivity contribution is -0.109. The van der Waals surface area contributed by atoms with E-state index < -0.39 is 17.8 Å². The van der Waals surface area contributed by atoms with Gasteiger partial charge in [0.25, 0.3) is 5.91 Å². The molecule has 5 N–H and O–H groups in total. The van der Waals surface area contributed by atoms with Crippen molar-refractivity contribution in [3.05, 3.63) is 41.2 Å². The van der Waals surface area contributed by atoms with Gasteiger partial charge in [-0.25, -0.2) is 20.2 Å². The molecule has 140 valence electrons. The number of nitrogens with two attached hydrogens (primary N) is 2. The fraction of sp³-hybridized carbons (Fsp3) is 0.176. The number of thiazole rings is 1. The van der Waals surface area contributed by atoms with Crippen molar-refractivity contribution in [2.24, 2.45) is 11.6 Å². The molecule has 0 spiro atoms. The molecular formula is C17H17FN6O2S. The summed E-state index contributed by atoms with van der Waals surface area (Å²) in [6.45, 7) is 1.73. The van der Waals surface area contributed by atoms with Crippen LogP contribution in [-0.4, -0.2) is 28.2 Å². The van der Waals surface area contributed by atoms with E-state index in [0.29, 0.717) is 18.4 Å². The van der Waals surface area contributed by atoms with E-state index in [-0.39, 0.29) is 17.2 Å². The number of nitrogens with one attached hydrogen (secondary N) is 1. The van der Waals surface area contributed by atoms with Gasteiger partial charge >= 0.3 is 0 Å². The second kappa shape index (κ2) is 7.64. The number of anilines is 3. The van der Waals surface area contributed by atoms with E-state index >= 15 is 0 Å². The maximum atomic E-state index is 14.4. The number of hydrogen-bond donors (Lipinski definition) is 3. The van der Waals surface area contributed by atoms with Gasteiger partial charge in [-0.2, -0.15) is 0 Å². The summed E-state index contributed by atoms with van der Waals surface area (Å²) >= 11 is 1.49. The summed E-state index contributed by atoms with van der Waals surface area (Å²) in [6.07, 6.45) is 0.967. The molecule has 1 amide bonds. The van der Waals surface area contributed by atoms with Gasteiger partial charge in [-0.15, -0.1) is 11.3 Å². The smallest absolute Gasteiger partial charge is 0.252 e. The molecule has 1 atom stereocenters. The van der Waals surface area contributed by atoms with E-state index in [4.69, 9.17) is 11.6 Å². The zero-order chi connectivity index (χ0) is 19.6. The fourth-order valence-electron chi connectivity index (χ4n) is 2.53. The van der Waals surface area contributed by atoms with Crippen LogP contribution in [0.2, 0.25) is 0 Å². The van der Waals surface area contributed by atoms with E-state index in [1.807, 2.05) is 6.07 Å². The summed E-state index contributed by atoms with van der Waals surface area (Å²) in [4.78, 5) is 31.2. The highest BCUT2D eigenvalue weighted by Gasteiger charge is 2.22. The second-order valence-electron chi connectivity index (χ2n) is 5.73. The van der Waals surface area contributed by atoms with Crippen LogP contribution in [0.5, 0.6) is 0 Å². The van der Waals surface area contributed by atoms with E-state index in [1.165, 1.54) is 11.3 Å². The molecule has 0 aliphatic rings. The average Bonchev–Trinajstić information content (AvgIpc) is 3.11. The fourth-order valence-corrected chi connectivity index (χ4v) is 3.19. The SMILES string of the molecule is CCC(C=O)N(N)c1nc(Nc2ccc3scnc3c2)c(C(N)=O)cc1F. The third-order valence-electron chi connectivity index (χ3n) is 3.99. The van der Waals surface area contributed by atoms with Crippen LogP contribution in [0.4, 0.5) is 21.7 Å². The molecule has 8 nitrogen and oxygen atoms in total. The van der Waals surface area contributed by atoms with E-state index in [1.54, 1.807) is 24.6 Å². The average molecular weight is 388 g/mol. The van der Waals surface area contributed by atoms with E-state index in [2.05, 4.69) is 15.3 Å². The first-order valence-corrected chi connectivity index (χ1v) is 8.92. The number of primary amides is 1. The van der Waals surface area contributed by atoms with Crippen molar-refractivity contribution in [1.29, 1.82) is 0 Å². The highest BCUT2D eigenvalue weighted by atomic mass is 32.1. The zero-order valence-corrected chi connectivity index (χ0v) is 15.2. The lowest BCUT2D eigenvalue weighted by Crippen LogP contribution is -2.43. The van der Waals surface area contributed by atoms with Crippen molar-refractivity contribution in [2.75, 3.05) is 10.3 Å². The van der Waals surface area contributed by atoms with Crippen LogP contribution < -0.4 is 21.9 Å². The highest BCUT2D eigenvalue weighted by Crippen LogP contribution is 2.28. The van der Waals surface area contributed by atoms with Gasteiger partial charge in [-0.05, 0) is 30.7 Å². The molecule has 0 fully saturated rings. The molecule has 0 saturated heterocycles. The monoisotopic (exact) mass is 388 g/mol. The molecule has 0 saturated carbocycles. The maximum absolute atomic E-state index is 14.4. The molecule has 10 heteroatoms. The number of aldehydes is 1. The largest absolute Gasteiger partial charge is 0.365 e. The van der Waals surface area contributed by atoms with Crippen LogP contribution in [0.1, 0.15) is 23.7 Å². The molecule has 2 heterocycles. The van der Waals surface area contributed by atoms with E-state index in [0.717, 1.165) is 21.3 Å². The summed E-state index contributed by atoms with van der Waals surface area (Å²) in [5.41, 5.74) is 8.29. The second-order valence-corrected chi connectivity index (χ2v) is 6.62. The number of amides is 1. The van der Waals surface area contributed by atoms with Crippen molar-refractivity contribution in [1.82, 2.24) is 9.97 Å². The maximum Gasteiger partial charge on any atom is 0.252 e. The predicted molar refractivity (Wildman–Crippen MR) is 102 cm³/mol. The Morgan fingerprint density at radius 3 is 2.89 bits per heavy atom. The molecule has 0 radical (unpaired) electrons. The van der Waals surface area contributed by atoms with Gasteiger partial charge in [0.2, 0.25) is 0 Å². The Labute approximate surface area is 158 Å². The molecule has 0 aliphatic heterocycles. The number of fused-ring (bicyclic) bond motifs is 1. The third kappa shape index (κ3) is 3.71. The van der Waals surface area contributed by atoms with Crippen molar-refractivity contribution in [3.8, 4) is 0 Å². The first-order valence-electron chi connectivity index (χ1n) is 8.04. The first-order chi connectivity index (χ1) is 12.9. The molecule has 27 heavy (non-hydrogen) atoms. The molecule has 2 aromatic heterocycles. The van der Waals surface area contributed by atoms with Crippen LogP contribution >= 0.6 is 11.3 Å². The van der Waals surface area contributed by atoms with Crippen molar-refractivity contribution in [3.63, 3.8) is 0 Å². The number of aromatic nitrogens is 2. The molecule has 3 rings (SSSR count). The number of hydrazine groups is 1. The number of carbonyl (C=O) groups is 2. The van der Waals surface area contributed by atoms with Crippen molar-refractivity contribution < 1.29 is 14.0 Å². The Hall–Kier alpha value is -3.11. The Kier molecular flexibility index (Phi) is 5.28. The summed E-state index contributed by atoms with van der Waals surface area (Å²) in [5, 5.41) is 3.88. The van der Waals surface area contributed by atoms with Crippen LogP contribution in [0.3, 0.4) is 0 Å². The normalized spacial score (nSPS) is 12.0. The molecule has 1 unspecified atom stereocenters. The lowest BCUT2D eigenvalue weighted by atomic mass is 10.2. The Bertz CT molecular complexity index is 1010. The molecule has 0 aliphatic carbocycles. The van der Waals surface area contributed by atoms with Gasteiger partial charge in [0, 0.05) is 5.69 Å². The lowest BCUT2D eigenvalue weighted by Gasteiger charge is -2.24. The Morgan fingerprint density at radius 2 is 2.22 bits per heavy atom. The number of pyridine rings is 1. The van der Waals surface area contributed by atoms with Crippen molar-refractivity contribution >= 4 is 51.1 Å². The molecule has 1 aromatic carbocycles. The number of nitrogens with zero attached hydrogens (tertiary/aromatic N) is 3. The van der Waals surface area contributed by atoms with Gasteiger partial charge in [-0.1, -0.05) is 6.92 Å². The number of benzene rings is 1. The van der Waals surface area contributed by atoms with Gasteiger partial charge < -0.3 is 15.8 Å². The number of hydrogen-bond acceptors (Lipinski definition) is 8. The van der Waals surface area contributed by atoms with E-state index in [9.17, 15) is 14.0 Å². The predicted octanol–water partition coefficient (Wildman–Crippen LogP) is 2.33. The molecule has 0 bridgehead atoms. The number of carbonyl (C=O) groups excluding carboxylic acids is 2. The molecule has 3 aromatic rings. The third-order valence-corrected chi connectivity index (χ3v) is 4.80. The minimum Gasteiger partial charge on any atom is -0.365 e. The topological polar surface area (TPSA) is 127 Å². The van der Waals surface area contributed by atoms with Crippen LogP contribution in [0.15, 0.2) is 29.8 Å².